The van der Waals surface area contributed by atoms with Gasteiger partial charge in [-0.25, -0.2) is 8.78 Å². The molecule has 0 saturated carbocycles. The molecule has 1 unspecified atom stereocenters. The summed E-state index contributed by atoms with van der Waals surface area (Å²) in [4.78, 5) is 27.1. The lowest BCUT2D eigenvalue weighted by Crippen LogP contribution is -2.40. The smallest absolute Gasteiger partial charge is 0.232 e. The molecule has 0 spiro atoms. The second-order valence-electron chi connectivity index (χ2n) is 6.65. The number of hydrogen-bond acceptors (Lipinski definition) is 2. The first-order valence-electron chi connectivity index (χ1n) is 8.65. The summed E-state index contributed by atoms with van der Waals surface area (Å²) in [6.45, 7) is 0. The van der Waals surface area contributed by atoms with Crippen molar-refractivity contribution in [2.45, 2.75) is 31.6 Å². The van der Waals surface area contributed by atoms with E-state index in [1.807, 2.05) is 0 Å². The predicted octanol–water partition coefficient (Wildman–Crippen LogP) is 4.49. The average molecular weight is 353 g/mol. The van der Waals surface area contributed by atoms with Crippen LogP contribution in [-0.4, -0.2) is 11.7 Å². The van der Waals surface area contributed by atoms with Gasteiger partial charge in [0.1, 0.15) is 11.6 Å². The Hall–Kier alpha value is -2.82. The maximum absolute atomic E-state index is 13.7. The van der Waals surface area contributed by atoms with Gasteiger partial charge in [0.05, 0.1) is 0 Å². The van der Waals surface area contributed by atoms with Crippen LogP contribution < -0.4 is 4.90 Å². The van der Waals surface area contributed by atoms with E-state index in [0.717, 1.165) is 0 Å². The van der Waals surface area contributed by atoms with Crippen molar-refractivity contribution in [2.75, 3.05) is 4.90 Å². The van der Waals surface area contributed by atoms with E-state index in [-0.39, 0.29) is 29.7 Å². The van der Waals surface area contributed by atoms with Crippen LogP contribution in [0.5, 0.6) is 0 Å². The summed E-state index contributed by atoms with van der Waals surface area (Å²) in [6.07, 6.45) is 1.77. The van der Waals surface area contributed by atoms with Crippen LogP contribution in [0, 0.1) is 11.6 Å². The molecule has 0 bridgehead atoms. The van der Waals surface area contributed by atoms with Gasteiger partial charge in [-0.1, -0.05) is 12.1 Å². The van der Waals surface area contributed by atoms with Gasteiger partial charge in [0.25, 0.3) is 0 Å². The molecule has 1 atom stereocenters. The quantitative estimate of drug-likeness (QED) is 0.798. The van der Waals surface area contributed by atoms with Crippen LogP contribution in [0.25, 0.3) is 0 Å². The van der Waals surface area contributed by atoms with Gasteiger partial charge in [-0.15, -0.1) is 0 Å². The first kappa shape index (κ1) is 16.6. The molecule has 1 aliphatic carbocycles. The summed E-state index contributed by atoms with van der Waals surface area (Å²) in [6, 6.07) is 11.8. The Bertz CT molecular complexity index is 918. The first-order chi connectivity index (χ1) is 12.5. The Kier molecular flexibility index (Phi) is 4.15. The SMILES string of the molecule is O=C1CCCC2=C1C(c1cccc(F)c1)CC(=O)N2c1ccc(F)cc1. The number of hydrogen-bond donors (Lipinski definition) is 0. The van der Waals surface area contributed by atoms with Crippen LogP contribution in [-0.2, 0) is 9.59 Å². The zero-order valence-electron chi connectivity index (χ0n) is 14.0. The highest BCUT2D eigenvalue weighted by Gasteiger charge is 2.39. The molecule has 3 nitrogen and oxygen atoms in total. The van der Waals surface area contributed by atoms with E-state index < -0.39 is 5.92 Å². The van der Waals surface area contributed by atoms with Gasteiger partial charge in [-0.2, -0.15) is 0 Å². The normalized spacial score (nSPS) is 20.4. The van der Waals surface area contributed by atoms with E-state index in [9.17, 15) is 18.4 Å². The van der Waals surface area contributed by atoms with Crippen molar-refractivity contribution in [1.82, 2.24) is 0 Å². The van der Waals surface area contributed by atoms with Gasteiger partial charge in [-0.05, 0) is 54.8 Å². The Balaban J connectivity index is 1.85. The van der Waals surface area contributed by atoms with Crippen LogP contribution in [0.15, 0.2) is 59.8 Å². The van der Waals surface area contributed by atoms with Gasteiger partial charge in [0, 0.05) is 35.7 Å². The monoisotopic (exact) mass is 353 g/mol. The summed E-state index contributed by atoms with van der Waals surface area (Å²) in [5.74, 6) is -1.37. The van der Waals surface area contributed by atoms with Crippen molar-refractivity contribution in [1.29, 1.82) is 0 Å². The van der Waals surface area contributed by atoms with Crippen molar-refractivity contribution < 1.29 is 18.4 Å². The van der Waals surface area contributed by atoms with E-state index >= 15 is 0 Å². The molecule has 1 amide bonds. The fourth-order valence-electron chi connectivity index (χ4n) is 3.89. The number of anilines is 1. The third kappa shape index (κ3) is 2.83. The molecule has 132 valence electrons. The lowest BCUT2D eigenvalue weighted by Gasteiger charge is -2.38. The molecular weight excluding hydrogens is 336 g/mol. The minimum Gasteiger partial charge on any atom is -0.294 e. The van der Waals surface area contributed by atoms with Gasteiger partial charge in [0.2, 0.25) is 5.91 Å². The lowest BCUT2D eigenvalue weighted by atomic mass is 9.77. The standard InChI is InChI=1S/C21H17F2NO2/c22-14-7-9-16(10-8-14)24-18-5-2-6-19(25)21(18)17(12-20(24)26)13-3-1-4-15(23)11-13/h1,3-4,7-11,17H,2,5-6,12H2. The maximum atomic E-state index is 13.7. The predicted molar refractivity (Wildman–Crippen MR) is 93.5 cm³/mol. The second kappa shape index (κ2) is 6.48. The number of allylic oxidation sites excluding steroid dienone is 2. The van der Waals surface area contributed by atoms with Crippen molar-refractivity contribution >= 4 is 17.4 Å². The summed E-state index contributed by atoms with van der Waals surface area (Å²) >= 11 is 0. The molecule has 2 aromatic carbocycles. The minimum absolute atomic E-state index is 0.000114. The van der Waals surface area contributed by atoms with Gasteiger partial charge in [-0.3, -0.25) is 14.5 Å². The lowest BCUT2D eigenvalue weighted by molar-refractivity contribution is -0.119. The molecule has 0 fully saturated rings. The third-order valence-electron chi connectivity index (χ3n) is 5.01. The van der Waals surface area contributed by atoms with Gasteiger partial charge >= 0.3 is 0 Å². The summed E-state index contributed by atoms with van der Waals surface area (Å²) in [5.41, 5.74) is 2.44. The molecule has 1 aliphatic heterocycles. The van der Waals surface area contributed by atoms with Crippen LogP contribution in [0.3, 0.4) is 0 Å². The van der Waals surface area contributed by atoms with Crippen molar-refractivity contribution in [3.63, 3.8) is 0 Å². The van der Waals surface area contributed by atoms with Crippen molar-refractivity contribution in [2.24, 2.45) is 0 Å². The van der Waals surface area contributed by atoms with Crippen LogP contribution in [0.1, 0.15) is 37.2 Å². The number of ketones is 1. The van der Waals surface area contributed by atoms with E-state index in [1.165, 1.54) is 29.2 Å². The summed E-state index contributed by atoms with van der Waals surface area (Å²) in [5, 5.41) is 0. The van der Waals surface area contributed by atoms with Crippen molar-refractivity contribution in [3.05, 3.63) is 77.0 Å². The van der Waals surface area contributed by atoms with E-state index in [0.29, 0.717) is 41.8 Å². The summed E-state index contributed by atoms with van der Waals surface area (Å²) < 4.78 is 27.0. The molecule has 0 aromatic heterocycles. The van der Waals surface area contributed by atoms with Crippen LogP contribution in [0.2, 0.25) is 0 Å². The number of nitrogens with zero attached hydrogens (tertiary/aromatic N) is 1. The zero-order chi connectivity index (χ0) is 18.3. The topological polar surface area (TPSA) is 37.4 Å². The Labute approximate surface area is 149 Å². The number of halogens is 2. The molecule has 0 N–H and O–H groups in total. The highest BCUT2D eigenvalue weighted by atomic mass is 19.1. The average Bonchev–Trinajstić information content (AvgIpc) is 2.62. The Morgan fingerprint density at radius 2 is 1.69 bits per heavy atom. The number of carbonyl (C=O) groups excluding carboxylic acids is 2. The zero-order valence-corrected chi connectivity index (χ0v) is 14.0. The Morgan fingerprint density at radius 1 is 0.923 bits per heavy atom. The highest BCUT2D eigenvalue weighted by molar-refractivity contribution is 6.07. The number of carbonyl (C=O) groups is 2. The van der Waals surface area contributed by atoms with E-state index in [2.05, 4.69) is 0 Å². The van der Waals surface area contributed by atoms with Crippen LogP contribution >= 0.6 is 0 Å². The van der Waals surface area contributed by atoms with Crippen molar-refractivity contribution in [3.8, 4) is 0 Å². The third-order valence-corrected chi connectivity index (χ3v) is 5.01. The first-order valence-corrected chi connectivity index (χ1v) is 8.65. The van der Waals surface area contributed by atoms with Gasteiger partial charge < -0.3 is 0 Å². The second-order valence-corrected chi connectivity index (χ2v) is 6.65. The molecule has 26 heavy (non-hydrogen) atoms. The maximum Gasteiger partial charge on any atom is 0.232 e. The molecule has 4 rings (SSSR count). The molecule has 5 heteroatoms. The fourth-order valence-corrected chi connectivity index (χ4v) is 3.89. The molecule has 1 heterocycles. The minimum atomic E-state index is -0.433. The highest BCUT2D eigenvalue weighted by Crippen LogP contribution is 2.43. The number of benzene rings is 2. The molecule has 0 saturated heterocycles. The largest absolute Gasteiger partial charge is 0.294 e. The number of rotatable bonds is 2. The molecule has 0 radical (unpaired) electrons. The fraction of sp³-hybridized carbons (Fsp3) is 0.238. The molecule has 2 aliphatic rings. The number of Topliss-reactive ketones (excluding diaryl/α,β-unsaturated/α-hetero) is 1. The van der Waals surface area contributed by atoms with Gasteiger partial charge in [0.15, 0.2) is 5.78 Å². The summed E-state index contributed by atoms with van der Waals surface area (Å²) in [7, 11) is 0. The van der Waals surface area contributed by atoms with E-state index in [4.69, 9.17) is 0 Å². The van der Waals surface area contributed by atoms with E-state index in [1.54, 1.807) is 24.3 Å². The molecule has 2 aromatic rings. The molecular formula is C21H17F2NO2. The number of amides is 1. The Morgan fingerprint density at radius 3 is 2.42 bits per heavy atom. The van der Waals surface area contributed by atoms with Crippen LogP contribution in [0.4, 0.5) is 14.5 Å².